The molecule has 0 radical (unpaired) electrons. The Labute approximate surface area is 452 Å². The minimum Gasteiger partial charge on any atom is -0.508 e. The number of hydrogen-bond donors (Lipinski definition) is 2. The third-order valence-electron chi connectivity index (χ3n) is 12.8. The van der Waals surface area contributed by atoms with Crippen LogP contribution < -0.4 is 9.47 Å². The van der Waals surface area contributed by atoms with Gasteiger partial charge in [0, 0.05) is 0 Å². The van der Waals surface area contributed by atoms with Crippen LogP contribution in [-0.2, 0) is 33.9 Å². The van der Waals surface area contributed by atoms with E-state index in [2.05, 4.69) is 86.3 Å². The van der Waals surface area contributed by atoms with Crippen LogP contribution >= 0.6 is 0 Å². The number of nitriles is 2. The van der Waals surface area contributed by atoms with Crippen LogP contribution in [-0.4, -0.2) is 43.5 Å². The van der Waals surface area contributed by atoms with Gasteiger partial charge in [0.2, 0.25) is 11.4 Å². The Kier molecular flexibility index (Phi) is 23.4. The van der Waals surface area contributed by atoms with Crippen molar-refractivity contribution in [3.8, 4) is 46.6 Å². The molecule has 0 atom stereocenters. The molecular weight excluding hydrogens is 997 g/mol. The maximum atomic E-state index is 9.91. The fourth-order valence-corrected chi connectivity index (χ4v) is 27.1. The molecule has 0 aliphatic carbocycles. The van der Waals surface area contributed by atoms with Crippen molar-refractivity contribution in [2.24, 2.45) is 0 Å². The van der Waals surface area contributed by atoms with Gasteiger partial charge in [-0.1, -0.05) is 92.4 Å². The molecule has 392 valence electrons. The summed E-state index contributed by atoms with van der Waals surface area (Å²) < 4.78 is 26.0. The maximum absolute atomic E-state index is 9.91. The largest absolute Gasteiger partial charge is 0.508 e. The van der Waals surface area contributed by atoms with Crippen LogP contribution in [0.3, 0.4) is 0 Å². The van der Waals surface area contributed by atoms with Crippen LogP contribution in [0.4, 0.5) is 11.4 Å². The Morgan fingerprint density at radius 1 is 0.440 bits per heavy atom. The number of rotatable bonds is 24. The van der Waals surface area contributed by atoms with Gasteiger partial charge in [-0.2, -0.15) is 10.5 Å². The molecule has 10 nitrogen and oxygen atoms in total. The lowest BCUT2D eigenvalue weighted by Crippen LogP contribution is -2.44. The highest BCUT2D eigenvalue weighted by Crippen LogP contribution is 2.34. The molecule has 0 heterocycles. The first-order valence-electron chi connectivity index (χ1n) is 25.5. The van der Waals surface area contributed by atoms with Gasteiger partial charge in [-0.3, -0.25) is 0 Å². The second-order valence-corrected chi connectivity index (χ2v) is 38.8. The third-order valence-corrected chi connectivity index (χ3v) is 27.9. The summed E-state index contributed by atoms with van der Waals surface area (Å²) in [6.07, 6.45) is 7.60. The van der Waals surface area contributed by atoms with E-state index in [1.807, 2.05) is 72.8 Å². The quantitative estimate of drug-likeness (QED) is 0.0452. The smallest absolute Gasteiger partial charge is 0.204 e. The van der Waals surface area contributed by atoms with E-state index in [4.69, 9.17) is 30.8 Å². The van der Waals surface area contributed by atoms with E-state index in [-0.39, 0.29) is 7.43 Å². The van der Waals surface area contributed by atoms with Gasteiger partial charge >= 0.3 is 0 Å². The van der Waals surface area contributed by atoms with Gasteiger partial charge in [-0.15, -0.1) is 0 Å². The van der Waals surface area contributed by atoms with Crippen molar-refractivity contribution in [2.75, 3.05) is 0 Å². The molecule has 6 aromatic rings. The van der Waals surface area contributed by atoms with Crippen molar-refractivity contribution in [3.05, 3.63) is 190 Å². The highest BCUT2D eigenvalue weighted by Gasteiger charge is 2.34. The van der Waals surface area contributed by atoms with Crippen molar-refractivity contribution in [3.63, 3.8) is 0 Å². The first kappa shape index (κ1) is 60.8. The fraction of sp³-hybridized carbons (Fsp3) is 0.344. The first-order valence-corrected chi connectivity index (χ1v) is 38.0. The highest BCUT2D eigenvalue weighted by molar-refractivity contribution is 6.85. The van der Waals surface area contributed by atoms with Gasteiger partial charge in [0.15, 0.2) is 33.3 Å². The van der Waals surface area contributed by atoms with Crippen LogP contribution in [0, 0.1) is 35.8 Å². The van der Waals surface area contributed by atoms with Crippen LogP contribution in [0.25, 0.3) is 9.69 Å². The van der Waals surface area contributed by atoms with Crippen LogP contribution in [0.15, 0.2) is 133 Å². The number of benzene rings is 6. The molecule has 0 saturated heterocycles. The van der Waals surface area contributed by atoms with Crippen LogP contribution in [0.2, 0.25) is 76.6 Å². The molecule has 0 aliphatic heterocycles. The van der Waals surface area contributed by atoms with E-state index in [1.165, 1.54) is 0 Å². The molecule has 6 rings (SSSR count). The van der Waals surface area contributed by atoms with E-state index in [0.717, 1.165) is 109 Å². The second kappa shape index (κ2) is 28.8. The maximum Gasteiger partial charge on any atom is 0.204 e. The summed E-state index contributed by atoms with van der Waals surface area (Å²) in [6.45, 7) is 33.0. The fourth-order valence-electron chi connectivity index (χ4n) is 9.37. The molecular formula is C61H76N4O6Si4. The number of phenolic OH excluding ortho intramolecular Hbond substituents is 2. The molecule has 0 bridgehead atoms. The monoisotopic (exact) mass is 1070 g/mol. The van der Waals surface area contributed by atoms with Gasteiger partial charge in [0.25, 0.3) is 0 Å². The highest BCUT2D eigenvalue weighted by atomic mass is 28.4. The van der Waals surface area contributed by atoms with Crippen molar-refractivity contribution >= 4 is 44.6 Å². The molecule has 6 aromatic carbocycles. The van der Waals surface area contributed by atoms with Crippen molar-refractivity contribution in [2.45, 2.75) is 135 Å². The summed E-state index contributed by atoms with van der Waals surface area (Å²) in [4.78, 5) is 6.80. The van der Waals surface area contributed by atoms with Gasteiger partial charge in [-0.25, -0.2) is 9.69 Å². The lowest BCUT2D eigenvalue weighted by atomic mass is 10.1. The molecule has 0 spiro atoms. The summed E-state index contributed by atoms with van der Waals surface area (Å²) in [5, 5.41) is 38.6. The third kappa shape index (κ3) is 20.1. The predicted molar refractivity (Wildman–Crippen MR) is 315 cm³/mol. The van der Waals surface area contributed by atoms with E-state index in [0.29, 0.717) is 45.5 Å². The van der Waals surface area contributed by atoms with Crippen molar-refractivity contribution < 1.29 is 27.9 Å². The number of hydrogen-bond acceptors (Lipinski definition) is 8. The molecule has 0 fully saturated rings. The van der Waals surface area contributed by atoms with Crippen molar-refractivity contribution in [1.29, 1.82) is 10.5 Å². The zero-order chi connectivity index (χ0) is 53.8. The van der Waals surface area contributed by atoms with Crippen molar-refractivity contribution in [1.82, 2.24) is 0 Å². The Hall–Kier alpha value is -6.73. The number of ether oxygens (including phenoxy) is 2. The molecule has 75 heavy (non-hydrogen) atoms. The molecule has 0 saturated carbocycles. The zero-order valence-electron chi connectivity index (χ0n) is 44.5. The molecule has 0 aliphatic rings. The van der Waals surface area contributed by atoms with Crippen LogP contribution in [0.1, 0.15) is 66.5 Å². The SMILES string of the molecule is C.C[Si](C)(CCCc1ccccc1O)O[Si](C)(C)CCCc1ccccc1O.[C-]#[N+]c1ccc(Oc2ccccc2CCC[Si](C)(C)O[Si](C)(C)CCCc2ccccc2Oc2ccc([N+]#[C-])c(C#N)c2)cc1C#N. The normalized spacial score (nSPS) is 11.4. The Balaban J connectivity index is 0.000000370. The first-order chi connectivity index (χ1) is 35.2. The van der Waals surface area contributed by atoms with Gasteiger partial charge in [-0.05, 0) is 199 Å². The van der Waals surface area contributed by atoms with Gasteiger partial charge < -0.3 is 27.9 Å². The van der Waals surface area contributed by atoms with E-state index < -0.39 is 33.3 Å². The molecule has 2 N–H and O–H groups in total. The summed E-state index contributed by atoms with van der Waals surface area (Å²) in [5.74, 6) is 3.41. The number of para-hydroxylation sites is 4. The van der Waals surface area contributed by atoms with E-state index >= 15 is 0 Å². The lowest BCUT2D eigenvalue weighted by molar-refractivity contribution is 0.466. The summed E-state index contributed by atoms with van der Waals surface area (Å²) >= 11 is 0. The minimum atomic E-state index is -1.93. The van der Waals surface area contributed by atoms with Gasteiger partial charge in [0.1, 0.15) is 34.5 Å². The van der Waals surface area contributed by atoms with E-state index in [1.54, 1.807) is 48.5 Å². The Bertz CT molecular complexity index is 2790. The minimum absolute atomic E-state index is 0. The molecule has 0 unspecified atom stereocenters. The van der Waals surface area contributed by atoms with E-state index in [9.17, 15) is 20.7 Å². The average Bonchev–Trinajstić information content (AvgIpc) is 3.35. The Morgan fingerprint density at radius 2 is 0.733 bits per heavy atom. The summed E-state index contributed by atoms with van der Waals surface area (Å²) in [5.41, 5.74) is 5.53. The lowest BCUT2D eigenvalue weighted by Gasteiger charge is -2.34. The molecule has 0 amide bonds. The molecule has 0 aromatic heterocycles. The summed E-state index contributed by atoms with van der Waals surface area (Å²) in [7, 11) is -7.30. The number of phenols is 2. The summed E-state index contributed by atoms with van der Waals surface area (Å²) in [6, 6.07) is 49.5. The average molecular weight is 1070 g/mol. The van der Waals surface area contributed by atoms with Crippen LogP contribution in [0.5, 0.6) is 34.5 Å². The van der Waals surface area contributed by atoms with Gasteiger partial charge in [0.05, 0.1) is 36.4 Å². The topological polar surface area (TPSA) is 134 Å². The number of aryl methyl sites for hydroxylation is 4. The standard InChI is InChI=1S/C38H38N4O3Si2.C22H34O3Si2.CH4/c1-41-35-21-19-33(25-31(35)27-39)43-37-17-9-7-13-29(37)15-11-23-46(3,4)45-47(5,6)24-12-16-30-14-8-10-18-38(30)44-34-20-22-36(42-2)32(26-34)28-40;1-26(2,17-9-13-19-11-5-7-15-21(19)23)25-27(3,4)18-10-14-20-12-6-8-16-22(20)24;/h7-10,13-14,17-22,25-26H,11-12,15-16,23-24H2,3-6H3;5-8,11-12,15-16,23-24H,9-10,13-14,17-18H2,1-4H3;1H4. The molecule has 14 heteroatoms. The zero-order valence-corrected chi connectivity index (χ0v) is 48.5. The number of nitrogens with zero attached hydrogens (tertiary/aromatic N) is 4. The second-order valence-electron chi connectivity index (χ2n) is 21.1. The Morgan fingerprint density at radius 3 is 1.04 bits per heavy atom. The predicted octanol–water partition coefficient (Wildman–Crippen LogP) is 17.8. The number of aromatic hydroxyl groups is 2.